The molecule has 0 atom stereocenters. The van der Waals surface area contributed by atoms with Gasteiger partial charge in [-0.25, -0.2) is 14.6 Å². The lowest BCUT2D eigenvalue weighted by molar-refractivity contribution is 0.395. The summed E-state index contributed by atoms with van der Waals surface area (Å²) < 4.78 is 14.1. The maximum Gasteiger partial charge on any atom is 0.251 e. The molecule has 2 aromatic carbocycles. The zero-order chi connectivity index (χ0) is 19.6. The van der Waals surface area contributed by atoms with Gasteiger partial charge in [-0.15, -0.1) is 5.10 Å². The fourth-order valence-electron chi connectivity index (χ4n) is 3.78. The van der Waals surface area contributed by atoms with Gasteiger partial charge in [-0.1, -0.05) is 43.2 Å². The van der Waals surface area contributed by atoms with E-state index in [1.807, 2.05) is 59.3 Å². The minimum absolute atomic E-state index is 0.306. The van der Waals surface area contributed by atoms with Crippen LogP contribution in [0.4, 0.5) is 5.82 Å². The van der Waals surface area contributed by atoms with Crippen LogP contribution >= 0.6 is 0 Å². The van der Waals surface area contributed by atoms with Gasteiger partial charge in [0.15, 0.2) is 17.1 Å². The molecule has 0 saturated heterocycles. The molecular formula is C22H21N5O2. The largest absolute Gasteiger partial charge is 0.453 e. The summed E-state index contributed by atoms with van der Waals surface area (Å²) in [7, 11) is 0. The average molecular weight is 387 g/mol. The van der Waals surface area contributed by atoms with Crippen LogP contribution in [0, 0.1) is 0 Å². The van der Waals surface area contributed by atoms with E-state index >= 15 is 0 Å². The van der Waals surface area contributed by atoms with Crippen molar-refractivity contribution in [2.75, 3.05) is 5.73 Å². The second-order valence-electron chi connectivity index (χ2n) is 7.11. The highest BCUT2D eigenvalue weighted by Gasteiger charge is 2.25. The first-order valence-corrected chi connectivity index (χ1v) is 9.78. The predicted molar refractivity (Wildman–Crippen MR) is 110 cm³/mol. The molecule has 0 spiro atoms. The van der Waals surface area contributed by atoms with E-state index in [0.717, 1.165) is 18.6 Å². The standard InChI is InChI=1S/C22H21N5O2/c23-20-19-21(25-14-24-20)27(15-8-4-5-9-15)26-22(19)29-18-13-7-6-12-17(18)28-16-10-2-1-3-11-16/h1-3,6-7,10-15H,4-5,8-9H2,(H2,23,24,25). The molecule has 1 saturated carbocycles. The second kappa shape index (κ2) is 7.43. The number of fused-ring (bicyclic) bond motifs is 1. The van der Waals surface area contributed by atoms with E-state index in [4.69, 9.17) is 20.3 Å². The number of nitrogens with two attached hydrogens (primary N) is 1. The van der Waals surface area contributed by atoms with Gasteiger partial charge in [0.25, 0.3) is 5.88 Å². The maximum atomic E-state index is 6.20. The van der Waals surface area contributed by atoms with E-state index in [2.05, 4.69) is 9.97 Å². The van der Waals surface area contributed by atoms with Crippen LogP contribution in [0.25, 0.3) is 11.0 Å². The summed E-state index contributed by atoms with van der Waals surface area (Å²) in [6, 6.07) is 17.4. The minimum Gasteiger partial charge on any atom is -0.453 e. The first-order valence-electron chi connectivity index (χ1n) is 9.78. The van der Waals surface area contributed by atoms with Gasteiger partial charge in [-0.2, -0.15) is 0 Å². The van der Waals surface area contributed by atoms with Gasteiger partial charge in [-0.05, 0) is 37.1 Å². The van der Waals surface area contributed by atoms with E-state index in [9.17, 15) is 0 Å². The molecule has 2 aromatic heterocycles. The summed E-state index contributed by atoms with van der Waals surface area (Å²) in [5.41, 5.74) is 6.88. The molecule has 2 N–H and O–H groups in total. The molecule has 0 amide bonds. The smallest absolute Gasteiger partial charge is 0.251 e. The fraction of sp³-hybridized carbons (Fsp3) is 0.227. The average Bonchev–Trinajstić information content (AvgIpc) is 3.39. The number of hydrogen-bond donors (Lipinski definition) is 1. The third-order valence-corrected chi connectivity index (χ3v) is 5.18. The third kappa shape index (κ3) is 3.35. The van der Waals surface area contributed by atoms with Crippen LogP contribution in [0.2, 0.25) is 0 Å². The lowest BCUT2D eigenvalue weighted by Gasteiger charge is -2.11. The summed E-state index contributed by atoms with van der Waals surface area (Å²) in [5, 5.41) is 5.37. The Morgan fingerprint density at radius 1 is 0.862 bits per heavy atom. The molecule has 7 heteroatoms. The normalized spacial score (nSPS) is 14.3. The molecule has 0 unspecified atom stereocenters. The Morgan fingerprint density at radius 3 is 2.31 bits per heavy atom. The number of rotatable bonds is 5. The third-order valence-electron chi connectivity index (χ3n) is 5.18. The zero-order valence-corrected chi connectivity index (χ0v) is 15.9. The van der Waals surface area contributed by atoms with Gasteiger partial charge >= 0.3 is 0 Å². The van der Waals surface area contributed by atoms with Crippen LogP contribution in [-0.2, 0) is 0 Å². The Kier molecular flexibility index (Phi) is 4.48. The first-order chi connectivity index (χ1) is 14.3. The molecule has 1 fully saturated rings. The SMILES string of the molecule is Nc1ncnc2c1c(Oc1ccccc1Oc1ccccc1)nn2C1CCCC1. The lowest BCUT2D eigenvalue weighted by Crippen LogP contribution is -2.07. The molecular weight excluding hydrogens is 366 g/mol. The van der Waals surface area contributed by atoms with Gasteiger partial charge in [0.1, 0.15) is 23.3 Å². The first kappa shape index (κ1) is 17.5. The number of aromatic nitrogens is 4. The van der Waals surface area contributed by atoms with Crippen molar-refractivity contribution < 1.29 is 9.47 Å². The van der Waals surface area contributed by atoms with E-state index in [1.54, 1.807) is 0 Å². The van der Waals surface area contributed by atoms with Crippen molar-refractivity contribution in [2.45, 2.75) is 31.7 Å². The molecule has 146 valence electrons. The van der Waals surface area contributed by atoms with Crippen LogP contribution in [0.15, 0.2) is 60.9 Å². The van der Waals surface area contributed by atoms with Crippen molar-refractivity contribution in [1.29, 1.82) is 0 Å². The monoisotopic (exact) mass is 387 g/mol. The van der Waals surface area contributed by atoms with Crippen molar-refractivity contribution in [3.8, 4) is 23.1 Å². The van der Waals surface area contributed by atoms with Crippen LogP contribution in [0.5, 0.6) is 23.1 Å². The number of para-hydroxylation sites is 3. The van der Waals surface area contributed by atoms with Crippen molar-refractivity contribution in [1.82, 2.24) is 19.7 Å². The predicted octanol–water partition coefficient (Wildman–Crippen LogP) is 5.11. The van der Waals surface area contributed by atoms with E-state index in [1.165, 1.54) is 19.2 Å². The Labute approximate surface area is 168 Å². The van der Waals surface area contributed by atoms with Crippen LogP contribution in [-0.4, -0.2) is 19.7 Å². The molecule has 1 aliphatic carbocycles. The van der Waals surface area contributed by atoms with Crippen molar-refractivity contribution in [3.63, 3.8) is 0 Å². The van der Waals surface area contributed by atoms with Gasteiger partial charge in [-0.3, -0.25) is 0 Å². The van der Waals surface area contributed by atoms with Crippen LogP contribution in [0.1, 0.15) is 31.7 Å². The van der Waals surface area contributed by atoms with Gasteiger partial charge in [0, 0.05) is 0 Å². The topological polar surface area (TPSA) is 88.1 Å². The number of benzene rings is 2. The Bertz CT molecular complexity index is 1140. The van der Waals surface area contributed by atoms with Crippen molar-refractivity contribution in [3.05, 3.63) is 60.9 Å². The summed E-state index contributed by atoms with van der Waals surface area (Å²) in [6.45, 7) is 0. The minimum atomic E-state index is 0.306. The highest BCUT2D eigenvalue weighted by Crippen LogP contribution is 2.40. The van der Waals surface area contributed by atoms with Gasteiger partial charge in [0.05, 0.1) is 6.04 Å². The summed E-state index contributed by atoms with van der Waals surface area (Å²) >= 11 is 0. The lowest BCUT2D eigenvalue weighted by atomic mass is 10.2. The number of nitrogen functional groups attached to an aromatic ring is 1. The Hall–Kier alpha value is -3.61. The summed E-state index contributed by atoms with van der Waals surface area (Å²) in [4.78, 5) is 8.58. The van der Waals surface area contributed by atoms with Crippen LogP contribution in [0.3, 0.4) is 0 Å². The van der Waals surface area contributed by atoms with Gasteiger partial charge < -0.3 is 15.2 Å². The number of hydrogen-bond acceptors (Lipinski definition) is 6. The molecule has 7 nitrogen and oxygen atoms in total. The zero-order valence-electron chi connectivity index (χ0n) is 15.9. The van der Waals surface area contributed by atoms with Crippen molar-refractivity contribution in [2.24, 2.45) is 0 Å². The second-order valence-corrected chi connectivity index (χ2v) is 7.11. The molecule has 0 bridgehead atoms. The molecule has 0 aliphatic heterocycles. The van der Waals surface area contributed by atoms with Crippen LogP contribution < -0.4 is 15.2 Å². The molecule has 5 rings (SSSR count). The highest BCUT2D eigenvalue weighted by atomic mass is 16.5. The number of nitrogens with zero attached hydrogens (tertiary/aromatic N) is 4. The molecule has 4 aromatic rings. The van der Waals surface area contributed by atoms with Gasteiger partial charge in [0.2, 0.25) is 0 Å². The fourth-order valence-corrected chi connectivity index (χ4v) is 3.78. The number of ether oxygens (including phenoxy) is 2. The summed E-state index contributed by atoms with van der Waals surface area (Å²) in [6.07, 6.45) is 6.01. The molecule has 29 heavy (non-hydrogen) atoms. The molecule has 2 heterocycles. The van der Waals surface area contributed by atoms with E-state index < -0.39 is 0 Å². The number of anilines is 1. The van der Waals surface area contributed by atoms with E-state index in [-0.39, 0.29) is 0 Å². The Morgan fingerprint density at radius 2 is 1.55 bits per heavy atom. The van der Waals surface area contributed by atoms with Crippen molar-refractivity contribution >= 4 is 16.9 Å². The quantitative estimate of drug-likeness (QED) is 0.512. The molecule has 1 aliphatic rings. The maximum absolute atomic E-state index is 6.20. The Balaban J connectivity index is 1.54. The molecule has 0 radical (unpaired) electrons. The summed E-state index contributed by atoms with van der Waals surface area (Å²) in [5.74, 6) is 2.63. The highest BCUT2D eigenvalue weighted by molar-refractivity contribution is 5.91. The van der Waals surface area contributed by atoms with E-state index in [0.29, 0.717) is 40.3 Å².